The highest BCUT2D eigenvalue weighted by Crippen LogP contribution is 2.21. The van der Waals surface area contributed by atoms with Gasteiger partial charge in [-0.15, -0.1) is 0 Å². The number of hydrogen-bond acceptors (Lipinski definition) is 3. The van der Waals surface area contributed by atoms with E-state index >= 15 is 0 Å². The van der Waals surface area contributed by atoms with Crippen molar-refractivity contribution in [3.63, 3.8) is 0 Å². The van der Waals surface area contributed by atoms with Crippen molar-refractivity contribution in [1.82, 2.24) is 0 Å². The number of aliphatic carboxylic acids is 1. The van der Waals surface area contributed by atoms with Crippen LogP contribution in [0.1, 0.15) is 22.8 Å². The molecule has 1 atom stereocenters. The van der Waals surface area contributed by atoms with Crippen LogP contribution in [0, 0.1) is 6.92 Å². The van der Waals surface area contributed by atoms with Crippen molar-refractivity contribution in [2.24, 2.45) is 0 Å². The first-order valence-corrected chi connectivity index (χ1v) is 7.31. The van der Waals surface area contributed by atoms with Crippen molar-refractivity contribution < 1.29 is 19.4 Å². The van der Waals surface area contributed by atoms with Crippen LogP contribution < -0.4 is 10.1 Å². The molecule has 0 spiro atoms. The number of nitrogens with one attached hydrogen (secondary N) is 1. The minimum absolute atomic E-state index is 0.270. The molecule has 0 aliphatic rings. The fraction of sp³-hybridized carbons (Fsp3) is 0.176. The van der Waals surface area contributed by atoms with Gasteiger partial charge in [0.05, 0.1) is 0 Å². The predicted molar refractivity (Wildman–Crippen MR) is 88.3 cm³/mol. The Labute approximate surface area is 138 Å². The molecule has 0 saturated carbocycles. The van der Waals surface area contributed by atoms with Crippen molar-refractivity contribution >= 4 is 29.2 Å². The topological polar surface area (TPSA) is 75.6 Å². The van der Waals surface area contributed by atoms with Crippen molar-refractivity contribution in [2.45, 2.75) is 20.0 Å². The number of carboxylic acid groups (broad SMARTS) is 1. The summed E-state index contributed by atoms with van der Waals surface area (Å²) >= 11 is 5.88. The fourth-order valence-corrected chi connectivity index (χ4v) is 2.13. The van der Waals surface area contributed by atoms with E-state index in [2.05, 4.69) is 5.32 Å². The van der Waals surface area contributed by atoms with E-state index in [9.17, 15) is 9.59 Å². The molecule has 5 nitrogen and oxygen atoms in total. The lowest BCUT2D eigenvalue weighted by Crippen LogP contribution is -2.22. The van der Waals surface area contributed by atoms with E-state index in [-0.39, 0.29) is 5.91 Å². The Morgan fingerprint density at radius 1 is 1.17 bits per heavy atom. The number of hydrogen-bond donors (Lipinski definition) is 2. The molecule has 0 aliphatic heterocycles. The molecule has 2 aromatic carbocycles. The number of anilines is 1. The third kappa shape index (κ3) is 4.47. The number of carboxylic acids is 1. The lowest BCUT2D eigenvalue weighted by molar-refractivity contribution is -0.144. The Hall–Kier alpha value is -2.53. The number of rotatable bonds is 5. The van der Waals surface area contributed by atoms with Gasteiger partial charge in [-0.05, 0) is 61.9 Å². The summed E-state index contributed by atoms with van der Waals surface area (Å²) in [6.07, 6.45) is -0.952. The molecule has 2 rings (SSSR count). The maximum absolute atomic E-state index is 12.2. The summed E-state index contributed by atoms with van der Waals surface area (Å²) in [6, 6.07) is 11.5. The predicted octanol–water partition coefficient (Wildman–Crippen LogP) is 3.75. The molecule has 0 aromatic heterocycles. The maximum Gasteiger partial charge on any atom is 0.344 e. The molecule has 6 heteroatoms. The van der Waals surface area contributed by atoms with E-state index in [1.54, 1.807) is 42.5 Å². The van der Waals surface area contributed by atoms with Crippen LogP contribution in [-0.2, 0) is 4.79 Å². The minimum atomic E-state index is -1.05. The molecule has 0 bridgehead atoms. The summed E-state index contributed by atoms with van der Waals surface area (Å²) in [4.78, 5) is 23.0. The van der Waals surface area contributed by atoms with Gasteiger partial charge in [0.25, 0.3) is 5.91 Å². The molecule has 0 fully saturated rings. The van der Waals surface area contributed by atoms with Crippen LogP contribution in [0.5, 0.6) is 5.75 Å². The van der Waals surface area contributed by atoms with Crippen molar-refractivity contribution in [3.05, 3.63) is 58.6 Å². The van der Waals surface area contributed by atoms with Crippen LogP contribution >= 0.6 is 11.6 Å². The summed E-state index contributed by atoms with van der Waals surface area (Å²) in [5, 5.41) is 12.2. The number of aryl methyl sites for hydroxylation is 1. The van der Waals surface area contributed by atoms with Gasteiger partial charge in [-0.1, -0.05) is 11.6 Å². The standard InChI is InChI=1S/C17H16ClNO4/c1-10-9-13(18)5-8-15(10)19-16(20)12-3-6-14(7-4-12)23-11(2)17(21)22/h3-9,11H,1-2H3,(H,19,20)(H,21,22)/t11-/m1/s1. The molecule has 0 heterocycles. The largest absolute Gasteiger partial charge is 0.479 e. The number of carbonyl (C=O) groups is 2. The zero-order valence-corrected chi connectivity index (χ0v) is 13.4. The normalized spacial score (nSPS) is 11.6. The minimum Gasteiger partial charge on any atom is -0.479 e. The van der Waals surface area contributed by atoms with E-state index in [1.807, 2.05) is 6.92 Å². The van der Waals surface area contributed by atoms with Gasteiger partial charge in [-0.25, -0.2) is 4.79 Å². The van der Waals surface area contributed by atoms with Gasteiger partial charge in [0.15, 0.2) is 6.10 Å². The van der Waals surface area contributed by atoms with Crippen LogP contribution in [0.15, 0.2) is 42.5 Å². The maximum atomic E-state index is 12.2. The second-order valence-corrected chi connectivity index (χ2v) is 5.47. The van der Waals surface area contributed by atoms with E-state index in [4.69, 9.17) is 21.4 Å². The van der Waals surface area contributed by atoms with Gasteiger partial charge in [0, 0.05) is 16.3 Å². The fourth-order valence-electron chi connectivity index (χ4n) is 1.90. The molecule has 0 aliphatic carbocycles. The van der Waals surface area contributed by atoms with Gasteiger partial charge in [-0.3, -0.25) is 4.79 Å². The molecule has 0 unspecified atom stereocenters. The summed E-state index contributed by atoms with van der Waals surface area (Å²) < 4.78 is 5.22. The van der Waals surface area contributed by atoms with E-state index in [0.29, 0.717) is 22.0 Å². The highest BCUT2D eigenvalue weighted by atomic mass is 35.5. The van der Waals surface area contributed by atoms with Gasteiger partial charge in [0.2, 0.25) is 0 Å². The Kier molecular flexibility index (Phi) is 5.24. The third-order valence-corrected chi connectivity index (χ3v) is 3.45. The quantitative estimate of drug-likeness (QED) is 0.873. The molecular formula is C17H16ClNO4. The Morgan fingerprint density at radius 2 is 1.83 bits per heavy atom. The van der Waals surface area contributed by atoms with Crippen LogP contribution in [-0.4, -0.2) is 23.1 Å². The number of ether oxygens (including phenoxy) is 1. The number of halogens is 1. The van der Waals surface area contributed by atoms with E-state index < -0.39 is 12.1 Å². The summed E-state index contributed by atoms with van der Waals surface area (Å²) in [6.45, 7) is 3.29. The Balaban J connectivity index is 2.06. The van der Waals surface area contributed by atoms with Crippen LogP contribution in [0.25, 0.3) is 0 Å². The van der Waals surface area contributed by atoms with Crippen molar-refractivity contribution in [3.8, 4) is 5.75 Å². The smallest absolute Gasteiger partial charge is 0.344 e. The number of carbonyl (C=O) groups excluding carboxylic acids is 1. The first-order chi connectivity index (χ1) is 10.9. The van der Waals surface area contributed by atoms with E-state index in [1.165, 1.54) is 6.92 Å². The Morgan fingerprint density at radius 3 is 2.39 bits per heavy atom. The lowest BCUT2D eigenvalue weighted by Gasteiger charge is -2.11. The first-order valence-electron chi connectivity index (χ1n) is 6.94. The van der Waals surface area contributed by atoms with Crippen molar-refractivity contribution in [1.29, 1.82) is 0 Å². The number of amides is 1. The molecule has 120 valence electrons. The summed E-state index contributed by atoms with van der Waals surface area (Å²) in [5.74, 6) is -0.933. The molecule has 0 saturated heterocycles. The molecule has 1 amide bonds. The first kappa shape index (κ1) is 16.8. The second-order valence-electron chi connectivity index (χ2n) is 5.04. The third-order valence-electron chi connectivity index (χ3n) is 3.21. The van der Waals surface area contributed by atoms with E-state index in [0.717, 1.165) is 5.56 Å². The van der Waals surface area contributed by atoms with Crippen LogP contribution in [0.2, 0.25) is 5.02 Å². The highest BCUT2D eigenvalue weighted by Gasteiger charge is 2.13. The highest BCUT2D eigenvalue weighted by molar-refractivity contribution is 6.30. The van der Waals surface area contributed by atoms with Crippen molar-refractivity contribution in [2.75, 3.05) is 5.32 Å². The molecular weight excluding hydrogens is 318 g/mol. The average Bonchev–Trinajstić information content (AvgIpc) is 2.50. The number of benzene rings is 2. The SMILES string of the molecule is Cc1cc(Cl)ccc1NC(=O)c1ccc(O[C@H](C)C(=O)O)cc1. The van der Waals surface area contributed by atoms with Gasteiger partial charge in [-0.2, -0.15) is 0 Å². The molecule has 2 N–H and O–H groups in total. The zero-order valence-electron chi connectivity index (χ0n) is 12.7. The van der Waals surface area contributed by atoms with Crippen LogP contribution in [0.3, 0.4) is 0 Å². The van der Waals surface area contributed by atoms with Gasteiger partial charge < -0.3 is 15.2 Å². The lowest BCUT2D eigenvalue weighted by atomic mass is 10.1. The van der Waals surface area contributed by atoms with Gasteiger partial charge in [0.1, 0.15) is 5.75 Å². The summed E-state index contributed by atoms with van der Waals surface area (Å²) in [5.41, 5.74) is 1.98. The van der Waals surface area contributed by atoms with Crippen LogP contribution in [0.4, 0.5) is 5.69 Å². The zero-order chi connectivity index (χ0) is 17.0. The second kappa shape index (κ2) is 7.15. The van der Waals surface area contributed by atoms with Gasteiger partial charge >= 0.3 is 5.97 Å². The molecule has 23 heavy (non-hydrogen) atoms. The Bertz CT molecular complexity index is 728. The summed E-state index contributed by atoms with van der Waals surface area (Å²) in [7, 11) is 0. The average molecular weight is 334 g/mol. The monoisotopic (exact) mass is 333 g/mol. The molecule has 2 aromatic rings. The molecule has 0 radical (unpaired) electrons.